The number of aliphatic hydroxyl groups is 1. The van der Waals surface area contributed by atoms with Gasteiger partial charge in [0, 0.05) is 18.6 Å². The van der Waals surface area contributed by atoms with Crippen LogP contribution < -0.4 is 15.0 Å². The number of nitrogens with zero attached hydrogens (tertiary/aromatic N) is 1. The summed E-state index contributed by atoms with van der Waals surface area (Å²) < 4.78 is 5.76. The summed E-state index contributed by atoms with van der Waals surface area (Å²) in [5.41, 5.74) is 0.812. The fourth-order valence-corrected chi connectivity index (χ4v) is 3.26. The van der Waals surface area contributed by atoms with Gasteiger partial charge < -0.3 is 15.2 Å². The largest absolute Gasteiger partial charge is 0.487 e. The molecule has 3 rings (SSSR count). The van der Waals surface area contributed by atoms with Crippen molar-refractivity contribution < 1.29 is 14.6 Å². The van der Waals surface area contributed by atoms with Crippen LogP contribution in [-0.4, -0.2) is 36.4 Å². The van der Waals surface area contributed by atoms with E-state index in [-0.39, 0.29) is 30.7 Å². The Morgan fingerprint density at radius 2 is 2.24 bits per heavy atom. The molecular formula is C16H22N2O3. The zero-order valence-corrected chi connectivity index (χ0v) is 12.3. The topological polar surface area (TPSA) is 61.8 Å². The Hall–Kier alpha value is -1.75. The molecule has 2 N–H and O–H groups in total. The third-order valence-electron chi connectivity index (χ3n) is 4.37. The number of anilines is 1. The Bertz CT molecular complexity index is 520. The maximum absolute atomic E-state index is 12.6. The van der Waals surface area contributed by atoms with Crippen LogP contribution in [0.25, 0.3) is 0 Å². The molecule has 1 heterocycles. The number of hydrogen-bond acceptors (Lipinski definition) is 3. The van der Waals surface area contributed by atoms with E-state index in [2.05, 4.69) is 5.32 Å². The monoisotopic (exact) mass is 290 g/mol. The van der Waals surface area contributed by atoms with Crippen molar-refractivity contribution in [3.63, 3.8) is 0 Å². The van der Waals surface area contributed by atoms with E-state index < -0.39 is 0 Å². The molecule has 2 amide bonds. The van der Waals surface area contributed by atoms with Crippen molar-refractivity contribution in [2.45, 2.75) is 38.3 Å². The number of benzene rings is 1. The predicted molar refractivity (Wildman–Crippen MR) is 80.6 cm³/mol. The van der Waals surface area contributed by atoms with Crippen molar-refractivity contribution in [3.8, 4) is 5.75 Å². The fraction of sp³-hybridized carbons (Fsp3) is 0.562. The maximum Gasteiger partial charge on any atom is 0.322 e. The summed E-state index contributed by atoms with van der Waals surface area (Å²) in [6, 6.07) is 7.59. The smallest absolute Gasteiger partial charge is 0.322 e. The summed E-state index contributed by atoms with van der Waals surface area (Å²) in [4.78, 5) is 14.3. The van der Waals surface area contributed by atoms with Crippen molar-refractivity contribution in [2.24, 2.45) is 5.92 Å². The van der Waals surface area contributed by atoms with Crippen molar-refractivity contribution >= 4 is 11.7 Å². The van der Waals surface area contributed by atoms with Crippen LogP contribution in [0.5, 0.6) is 5.75 Å². The fourth-order valence-electron chi connectivity index (χ4n) is 3.26. The van der Waals surface area contributed by atoms with Gasteiger partial charge in [0.25, 0.3) is 0 Å². The average molecular weight is 290 g/mol. The Balaban J connectivity index is 1.75. The van der Waals surface area contributed by atoms with Gasteiger partial charge in [-0.1, -0.05) is 18.6 Å². The van der Waals surface area contributed by atoms with Crippen LogP contribution in [0.1, 0.15) is 26.2 Å². The van der Waals surface area contributed by atoms with Crippen LogP contribution in [0, 0.1) is 5.92 Å². The molecule has 1 saturated carbocycles. The zero-order chi connectivity index (χ0) is 14.8. The van der Waals surface area contributed by atoms with Gasteiger partial charge in [-0.3, -0.25) is 4.90 Å². The molecule has 5 heteroatoms. The molecule has 114 valence electrons. The molecule has 21 heavy (non-hydrogen) atoms. The van der Waals surface area contributed by atoms with Gasteiger partial charge in [0.05, 0.1) is 12.2 Å². The summed E-state index contributed by atoms with van der Waals surface area (Å²) >= 11 is 0. The molecule has 1 fully saturated rings. The van der Waals surface area contributed by atoms with E-state index in [0.29, 0.717) is 6.54 Å². The molecule has 2 aliphatic rings. The van der Waals surface area contributed by atoms with Crippen molar-refractivity contribution in [1.82, 2.24) is 5.32 Å². The number of nitrogens with one attached hydrogen (secondary N) is 1. The highest BCUT2D eigenvalue weighted by molar-refractivity contribution is 5.94. The first-order valence-electron chi connectivity index (χ1n) is 7.63. The number of aliphatic hydroxyl groups excluding tert-OH is 1. The van der Waals surface area contributed by atoms with Gasteiger partial charge in [-0.05, 0) is 31.9 Å². The molecule has 0 saturated heterocycles. The Morgan fingerprint density at radius 1 is 1.43 bits per heavy atom. The molecular weight excluding hydrogens is 268 g/mol. The first kappa shape index (κ1) is 14.2. The van der Waals surface area contributed by atoms with Gasteiger partial charge >= 0.3 is 6.03 Å². The number of carbonyl (C=O) groups excluding carboxylic acids is 1. The average Bonchev–Trinajstić information content (AvgIpc) is 2.93. The van der Waals surface area contributed by atoms with E-state index in [4.69, 9.17) is 4.74 Å². The molecule has 3 atom stereocenters. The number of carbonyl (C=O) groups is 1. The predicted octanol–water partition coefficient (Wildman–Crippen LogP) is 2.14. The van der Waals surface area contributed by atoms with Crippen LogP contribution in [-0.2, 0) is 0 Å². The summed E-state index contributed by atoms with van der Waals surface area (Å²) in [5.74, 6) is 0.930. The number of para-hydroxylation sites is 2. The minimum absolute atomic E-state index is 0.0251. The molecule has 1 aromatic rings. The number of fused-ring (bicyclic) bond motifs is 1. The van der Waals surface area contributed by atoms with E-state index in [1.165, 1.54) is 0 Å². The first-order valence-corrected chi connectivity index (χ1v) is 7.63. The van der Waals surface area contributed by atoms with Gasteiger partial charge in [-0.25, -0.2) is 4.79 Å². The lowest BCUT2D eigenvalue weighted by molar-refractivity contribution is 0.192. The second-order valence-electron chi connectivity index (χ2n) is 5.94. The van der Waals surface area contributed by atoms with Gasteiger partial charge in [0.15, 0.2) is 0 Å². The molecule has 0 aromatic heterocycles. The van der Waals surface area contributed by atoms with Crippen LogP contribution in [0.15, 0.2) is 24.3 Å². The summed E-state index contributed by atoms with van der Waals surface area (Å²) in [6.07, 6.45) is 2.96. The Morgan fingerprint density at radius 3 is 3.05 bits per heavy atom. The molecule has 0 spiro atoms. The van der Waals surface area contributed by atoms with Crippen molar-refractivity contribution in [1.29, 1.82) is 0 Å². The number of rotatable bonds is 2. The van der Waals surface area contributed by atoms with Crippen LogP contribution in [0.2, 0.25) is 0 Å². The van der Waals surface area contributed by atoms with Crippen molar-refractivity contribution in [2.75, 3.05) is 18.1 Å². The van der Waals surface area contributed by atoms with E-state index in [9.17, 15) is 9.90 Å². The highest BCUT2D eigenvalue weighted by atomic mass is 16.5. The number of amides is 2. The Kier molecular flexibility index (Phi) is 4.01. The van der Waals surface area contributed by atoms with Crippen LogP contribution in [0.3, 0.4) is 0 Å². The molecule has 0 unspecified atom stereocenters. The minimum Gasteiger partial charge on any atom is -0.487 e. The minimum atomic E-state index is -0.0945. The van der Waals surface area contributed by atoms with Gasteiger partial charge in [0.2, 0.25) is 0 Å². The molecule has 0 bridgehead atoms. The lowest BCUT2D eigenvalue weighted by Gasteiger charge is -2.34. The number of hydrogen-bond donors (Lipinski definition) is 2. The zero-order valence-electron chi connectivity index (χ0n) is 12.3. The molecule has 5 nitrogen and oxygen atoms in total. The maximum atomic E-state index is 12.6. The summed E-state index contributed by atoms with van der Waals surface area (Å²) in [5, 5.41) is 12.5. The van der Waals surface area contributed by atoms with Gasteiger partial charge in [0.1, 0.15) is 11.9 Å². The highest BCUT2D eigenvalue weighted by Gasteiger charge is 2.32. The summed E-state index contributed by atoms with van der Waals surface area (Å²) in [7, 11) is 0. The number of urea groups is 1. The second kappa shape index (κ2) is 5.93. The van der Waals surface area contributed by atoms with E-state index in [1.54, 1.807) is 4.90 Å². The SMILES string of the molecule is C[C@@H]1CN(C(=O)N[C@@H]2CCC[C@H]2CO)c2ccccc2O1. The lowest BCUT2D eigenvalue weighted by atomic mass is 10.1. The third kappa shape index (κ3) is 2.83. The number of ether oxygens (including phenoxy) is 1. The standard InChI is InChI=1S/C16H22N2O3/c1-11-9-18(14-7-2-3-8-15(14)21-11)16(20)17-13-6-4-5-12(13)10-19/h2-3,7-8,11-13,19H,4-6,9-10H2,1H3,(H,17,20)/t11-,12+,13-/m1/s1. The quantitative estimate of drug-likeness (QED) is 0.877. The van der Waals surface area contributed by atoms with Crippen LogP contribution >= 0.6 is 0 Å². The van der Waals surface area contributed by atoms with E-state index in [0.717, 1.165) is 30.7 Å². The summed E-state index contributed by atoms with van der Waals surface area (Å²) in [6.45, 7) is 2.64. The molecule has 1 aliphatic heterocycles. The molecule has 1 aromatic carbocycles. The van der Waals surface area contributed by atoms with Crippen molar-refractivity contribution in [3.05, 3.63) is 24.3 Å². The molecule has 1 aliphatic carbocycles. The highest BCUT2D eigenvalue weighted by Crippen LogP contribution is 2.33. The van der Waals surface area contributed by atoms with Gasteiger partial charge in [-0.15, -0.1) is 0 Å². The second-order valence-corrected chi connectivity index (χ2v) is 5.94. The third-order valence-corrected chi connectivity index (χ3v) is 4.37. The molecule has 0 radical (unpaired) electrons. The van der Waals surface area contributed by atoms with E-state index in [1.807, 2.05) is 31.2 Å². The van der Waals surface area contributed by atoms with E-state index >= 15 is 0 Å². The Labute approximate surface area is 124 Å². The first-order chi connectivity index (χ1) is 10.2. The van der Waals surface area contributed by atoms with Gasteiger partial charge in [-0.2, -0.15) is 0 Å². The van der Waals surface area contributed by atoms with Crippen LogP contribution in [0.4, 0.5) is 10.5 Å². The lowest BCUT2D eigenvalue weighted by Crippen LogP contribution is -2.51. The normalized spacial score (nSPS) is 27.9.